The molecule has 3 atom stereocenters. The van der Waals surface area contributed by atoms with Gasteiger partial charge in [0.25, 0.3) is 15.9 Å². The summed E-state index contributed by atoms with van der Waals surface area (Å²) in [5.74, 6) is -0.435. The molecule has 0 bridgehead atoms. The van der Waals surface area contributed by atoms with Gasteiger partial charge < -0.3 is 23.8 Å². The largest absolute Gasteiger partial charge is 0.488 e. The van der Waals surface area contributed by atoms with E-state index in [2.05, 4.69) is 15.0 Å². The standard InChI is InChI=1S/C26H35N5O9S2/c1-14-11-31(15(2)13-32)26(33)21-10-20(29-41(34,35)24-16(3)27-39-18(24)5)8-9-22(21)38-23(14)12-30(7)42(36,37)25-17(4)28-40-19(25)6/h8-10,14-15,23,29,32H,11-13H2,1-7H3/t14-,15+,23+/m0/s1. The molecule has 0 saturated carbocycles. The Hall–Kier alpha value is -3.47. The molecule has 14 nitrogen and oxygen atoms in total. The molecule has 16 heteroatoms. The fraction of sp³-hybridized carbons (Fsp3) is 0.500. The van der Waals surface area contributed by atoms with Crippen LogP contribution >= 0.6 is 0 Å². The number of aliphatic hydroxyl groups excluding tert-OH is 1. The number of aromatic nitrogens is 2. The Labute approximate surface area is 244 Å². The van der Waals surface area contributed by atoms with E-state index < -0.39 is 38.1 Å². The van der Waals surface area contributed by atoms with Crippen molar-refractivity contribution in [2.45, 2.75) is 63.5 Å². The first-order valence-corrected chi connectivity index (χ1v) is 16.1. The molecule has 230 valence electrons. The molecule has 0 fully saturated rings. The number of nitrogens with zero attached hydrogens (tertiary/aromatic N) is 4. The number of likely N-dealkylation sites (N-methyl/N-ethyl adjacent to an activating group) is 1. The third-order valence-corrected chi connectivity index (χ3v) is 10.9. The lowest BCUT2D eigenvalue weighted by Crippen LogP contribution is -2.50. The number of amides is 1. The van der Waals surface area contributed by atoms with Gasteiger partial charge >= 0.3 is 0 Å². The third-order valence-electron chi connectivity index (χ3n) is 7.23. The van der Waals surface area contributed by atoms with Crippen molar-refractivity contribution in [1.29, 1.82) is 0 Å². The van der Waals surface area contributed by atoms with Gasteiger partial charge in [-0.3, -0.25) is 9.52 Å². The van der Waals surface area contributed by atoms with Gasteiger partial charge in [-0.05, 0) is 52.8 Å². The average molecular weight is 626 g/mol. The second-order valence-electron chi connectivity index (χ2n) is 10.5. The van der Waals surface area contributed by atoms with E-state index in [9.17, 15) is 26.7 Å². The number of sulfonamides is 2. The van der Waals surface area contributed by atoms with E-state index >= 15 is 0 Å². The monoisotopic (exact) mass is 625 g/mol. The number of carbonyl (C=O) groups is 1. The topological polar surface area (TPSA) is 185 Å². The second-order valence-corrected chi connectivity index (χ2v) is 14.1. The van der Waals surface area contributed by atoms with Crippen LogP contribution in [0.5, 0.6) is 5.75 Å². The van der Waals surface area contributed by atoms with Crippen molar-refractivity contribution in [3.05, 3.63) is 46.7 Å². The van der Waals surface area contributed by atoms with Crippen LogP contribution in [0, 0.1) is 33.6 Å². The van der Waals surface area contributed by atoms with Crippen molar-refractivity contribution in [3.8, 4) is 5.75 Å². The number of aliphatic hydroxyl groups is 1. The van der Waals surface area contributed by atoms with Gasteiger partial charge in [0.1, 0.15) is 28.1 Å². The fourth-order valence-corrected chi connectivity index (χ4v) is 7.77. The van der Waals surface area contributed by atoms with E-state index in [1.165, 1.54) is 50.9 Å². The zero-order valence-corrected chi connectivity index (χ0v) is 26.0. The number of benzene rings is 1. The first kappa shape index (κ1) is 31.5. The zero-order chi connectivity index (χ0) is 31.1. The van der Waals surface area contributed by atoms with E-state index in [-0.39, 0.29) is 75.3 Å². The van der Waals surface area contributed by atoms with E-state index in [1.807, 2.05) is 6.92 Å². The van der Waals surface area contributed by atoms with Gasteiger partial charge in [-0.1, -0.05) is 17.2 Å². The lowest BCUT2D eigenvalue weighted by molar-refractivity contribution is 0.0387. The minimum absolute atomic E-state index is 0.0233. The predicted octanol–water partition coefficient (Wildman–Crippen LogP) is 2.24. The zero-order valence-electron chi connectivity index (χ0n) is 24.4. The van der Waals surface area contributed by atoms with Gasteiger partial charge in [0.15, 0.2) is 16.4 Å². The van der Waals surface area contributed by atoms with E-state index in [4.69, 9.17) is 13.8 Å². The van der Waals surface area contributed by atoms with Gasteiger partial charge in [0, 0.05) is 25.2 Å². The van der Waals surface area contributed by atoms with Crippen LogP contribution in [-0.4, -0.2) is 86.3 Å². The second kappa shape index (κ2) is 11.7. The minimum Gasteiger partial charge on any atom is -0.488 e. The molecule has 42 heavy (non-hydrogen) atoms. The Balaban J connectivity index is 1.71. The molecule has 3 aromatic rings. The smallest absolute Gasteiger partial charge is 0.267 e. The molecule has 0 aliphatic carbocycles. The Bertz CT molecular complexity index is 1660. The van der Waals surface area contributed by atoms with Crippen molar-refractivity contribution in [2.75, 3.05) is 31.5 Å². The summed E-state index contributed by atoms with van der Waals surface area (Å²) in [7, 11) is -6.68. The number of fused-ring (bicyclic) bond motifs is 1. The van der Waals surface area contributed by atoms with Gasteiger partial charge in [-0.2, -0.15) is 4.31 Å². The highest BCUT2D eigenvalue weighted by Gasteiger charge is 2.37. The first-order valence-electron chi connectivity index (χ1n) is 13.2. The number of aryl methyl sites for hydroxylation is 4. The van der Waals surface area contributed by atoms with Gasteiger partial charge in [0.05, 0.1) is 24.8 Å². The molecule has 4 rings (SSSR count). The summed E-state index contributed by atoms with van der Waals surface area (Å²) in [6, 6.07) is 3.66. The summed E-state index contributed by atoms with van der Waals surface area (Å²) in [4.78, 5) is 15.1. The number of nitrogens with one attached hydrogen (secondary N) is 1. The number of anilines is 1. The molecule has 3 heterocycles. The van der Waals surface area contributed by atoms with E-state index in [0.29, 0.717) is 0 Å². The van der Waals surface area contributed by atoms with Crippen LogP contribution in [-0.2, 0) is 20.0 Å². The maximum atomic E-state index is 13.7. The maximum absolute atomic E-state index is 13.7. The summed E-state index contributed by atoms with van der Waals surface area (Å²) >= 11 is 0. The van der Waals surface area contributed by atoms with Crippen LogP contribution < -0.4 is 9.46 Å². The van der Waals surface area contributed by atoms with Gasteiger partial charge in [-0.25, -0.2) is 16.8 Å². The number of carbonyl (C=O) groups excluding carboxylic acids is 1. The van der Waals surface area contributed by atoms with Crippen LogP contribution in [0.4, 0.5) is 5.69 Å². The van der Waals surface area contributed by atoms with Crippen LogP contribution in [0.15, 0.2) is 37.0 Å². The Morgan fingerprint density at radius 2 is 1.67 bits per heavy atom. The fourth-order valence-electron chi connectivity index (χ4n) is 4.92. The highest BCUT2D eigenvalue weighted by atomic mass is 32.2. The van der Waals surface area contributed by atoms with Crippen LogP contribution in [0.25, 0.3) is 0 Å². The Kier molecular flexibility index (Phi) is 8.74. The molecule has 1 aromatic carbocycles. The molecule has 0 saturated heterocycles. The molecule has 0 unspecified atom stereocenters. The quantitative estimate of drug-likeness (QED) is 0.355. The molecule has 1 amide bonds. The van der Waals surface area contributed by atoms with Crippen molar-refractivity contribution >= 4 is 31.6 Å². The molecule has 2 N–H and O–H groups in total. The van der Waals surface area contributed by atoms with Gasteiger partial charge in [-0.15, -0.1) is 0 Å². The van der Waals surface area contributed by atoms with Crippen LogP contribution in [0.1, 0.15) is 47.1 Å². The lowest BCUT2D eigenvalue weighted by atomic mass is 9.99. The van der Waals surface area contributed by atoms with Crippen molar-refractivity contribution < 1.29 is 40.5 Å². The number of rotatable bonds is 9. The summed E-state index contributed by atoms with van der Waals surface area (Å²) < 4.78 is 73.0. The Morgan fingerprint density at radius 1 is 1.07 bits per heavy atom. The van der Waals surface area contributed by atoms with Crippen molar-refractivity contribution in [3.63, 3.8) is 0 Å². The summed E-state index contributed by atoms with van der Waals surface area (Å²) in [5.41, 5.74) is 0.547. The number of hydrogen-bond acceptors (Lipinski definition) is 11. The number of hydrogen-bond donors (Lipinski definition) is 2. The van der Waals surface area contributed by atoms with E-state index in [1.54, 1.807) is 13.8 Å². The predicted molar refractivity (Wildman–Crippen MR) is 150 cm³/mol. The molecule has 0 radical (unpaired) electrons. The lowest BCUT2D eigenvalue weighted by Gasteiger charge is -2.38. The highest BCUT2D eigenvalue weighted by Crippen LogP contribution is 2.33. The molecule has 2 aromatic heterocycles. The maximum Gasteiger partial charge on any atom is 0.267 e. The number of ether oxygens (including phenoxy) is 1. The van der Waals surface area contributed by atoms with Crippen molar-refractivity contribution in [2.24, 2.45) is 5.92 Å². The molecule has 1 aliphatic heterocycles. The van der Waals surface area contributed by atoms with Crippen molar-refractivity contribution in [1.82, 2.24) is 19.5 Å². The third kappa shape index (κ3) is 5.88. The van der Waals surface area contributed by atoms with Crippen LogP contribution in [0.3, 0.4) is 0 Å². The average Bonchev–Trinajstić information content (AvgIpc) is 3.45. The molecule has 1 aliphatic rings. The van der Waals surface area contributed by atoms with Crippen LogP contribution in [0.2, 0.25) is 0 Å². The van der Waals surface area contributed by atoms with E-state index in [0.717, 1.165) is 4.31 Å². The normalized spacial score (nSPS) is 18.8. The minimum atomic E-state index is -4.10. The summed E-state index contributed by atoms with van der Waals surface area (Å²) in [6.07, 6.45) is -0.727. The van der Waals surface area contributed by atoms with Gasteiger partial charge in [0.2, 0.25) is 10.0 Å². The molecule has 0 spiro atoms. The Morgan fingerprint density at radius 3 is 2.21 bits per heavy atom. The molecular weight excluding hydrogens is 590 g/mol. The summed E-state index contributed by atoms with van der Waals surface area (Å²) in [5, 5.41) is 17.4. The molecular formula is C26H35N5O9S2. The SMILES string of the molecule is Cc1noc(C)c1S(=O)(=O)Nc1ccc2c(c1)C(=O)N([C@H](C)CO)C[C@H](C)[C@@H](CN(C)S(=O)(=O)c1c(C)noc1C)O2. The highest BCUT2D eigenvalue weighted by molar-refractivity contribution is 7.92. The first-order chi connectivity index (χ1) is 19.6. The summed E-state index contributed by atoms with van der Waals surface area (Å²) in [6.45, 7) is 9.28.